The van der Waals surface area contributed by atoms with Gasteiger partial charge in [-0.05, 0) is 69.2 Å². The fourth-order valence-corrected chi connectivity index (χ4v) is 4.82. The highest BCUT2D eigenvalue weighted by molar-refractivity contribution is 5.78. The number of nitrogens with one attached hydrogen (secondary N) is 1. The lowest BCUT2D eigenvalue weighted by molar-refractivity contribution is -0.387. The number of alkyl halides is 3. The van der Waals surface area contributed by atoms with E-state index in [2.05, 4.69) is 20.3 Å². The van der Waals surface area contributed by atoms with Crippen molar-refractivity contribution in [3.05, 3.63) is 41.9 Å². The minimum atomic E-state index is -4.81. The van der Waals surface area contributed by atoms with Gasteiger partial charge in [-0.15, -0.1) is 23.4 Å². The number of halogens is 4. The lowest BCUT2D eigenvalue weighted by atomic mass is 9.71. The van der Waals surface area contributed by atoms with Crippen LogP contribution < -0.4 is 10.1 Å². The average Bonchev–Trinajstić information content (AvgIpc) is 3.28. The van der Waals surface area contributed by atoms with Crippen molar-refractivity contribution >= 4 is 5.91 Å². The zero-order chi connectivity index (χ0) is 24.0. The van der Waals surface area contributed by atoms with Crippen LogP contribution in [0.4, 0.5) is 17.6 Å². The number of carbonyl (C=O) groups excluding carboxylic acids is 1. The number of fused-ring (bicyclic) bond motifs is 3. The molecular weight excluding hydrogens is 462 g/mol. The molecule has 2 aliphatic carbocycles. The number of amides is 1. The zero-order valence-corrected chi connectivity index (χ0v) is 18.1. The Balaban J connectivity index is 1.20. The summed E-state index contributed by atoms with van der Waals surface area (Å²) in [6.45, 7) is -0.0377. The van der Waals surface area contributed by atoms with Gasteiger partial charge in [0.05, 0.1) is 12.1 Å². The summed E-state index contributed by atoms with van der Waals surface area (Å²) < 4.78 is 73.1. The van der Waals surface area contributed by atoms with Gasteiger partial charge in [0.15, 0.2) is 12.2 Å². The number of rotatable bonds is 7. The number of hydrogen-bond acceptors (Lipinski definition) is 7. The van der Waals surface area contributed by atoms with Gasteiger partial charge >= 0.3 is 6.36 Å². The van der Waals surface area contributed by atoms with Gasteiger partial charge in [-0.1, -0.05) is 0 Å². The van der Waals surface area contributed by atoms with E-state index in [0.717, 1.165) is 0 Å². The topological polar surface area (TPSA) is 95.7 Å². The summed E-state index contributed by atoms with van der Waals surface area (Å²) in [6.07, 6.45) is -1.88. The fraction of sp³-hybridized carbons (Fsp3) is 0.591. The molecule has 2 aliphatic heterocycles. The Morgan fingerprint density at radius 1 is 1.03 bits per heavy atom. The molecule has 3 heterocycles. The van der Waals surface area contributed by atoms with Crippen LogP contribution in [0.25, 0.3) is 0 Å². The van der Waals surface area contributed by atoms with Gasteiger partial charge in [-0.25, -0.2) is 4.39 Å². The molecule has 2 aromatic rings. The first-order chi connectivity index (χ1) is 16.1. The second kappa shape index (κ2) is 8.19. The highest BCUT2D eigenvalue weighted by atomic mass is 19.4. The van der Waals surface area contributed by atoms with Crippen LogP contribution in [-0.4, -0.2) is 41.2 Å². The van der Waals surface area contributed by atoms with Gasteiger partial charge < -0.3 is 19.2 Å². The van der Waals surface area contributed by atoms with Crippen molar-refractivity contribution in [2.45, 2.75) is 68.0 Å². The van der Waals surface area contributed by atoms with Crippen molar-refractivity contribution < 1.29 is 41.0 Å². The fourth-order valence-electron chi connectivity index (χ4n) is 4.82. The van der Waals surface area contributed by atoms with Crippen LogP contribution in [-0.2, 0) is 25.5 Å². The van der Waals surface area contributed by atoms with Gasteiger partial charge in [0.2, 0.25) is 11.8 Å². The van der Waals surface area contributed by atoms with Gasteiger partial charge in [0.25, 0.3) is 5.91 Å². The van der Waals surface area contributed by atoms with Crippen molar-refractivity contribution in [3.63, 3.8) is 0 Å². The van der Waals surface area contributed by atoms with Crippen LogP contribution in [0.1, 0.15) is 56.7 Å². The molecule has 1 aromatic heterocycles. The predicted molar refractivity (Wildman–Crippen MR) is 106 cm³/mol. The van der Waals surface area contributed by atoms with E-state index in [-0.39, 0.29) is 43.7 Å². The zero-order valence-electron chi connectivity index (χ0n) is 18.1. The number of hydrogen-bond donors (Lipinski definition) is 1. The summed E-state index contributed by atoms with van der Waals surface area (Å²) in [7, 11) is 0. The second-order valence-electron chi connectivity index (χ2n) is 9.16. The van der Waals surface area contributed by atoms with Crippen LogP contribution in [0.2, 0.25) is 0 Å². The molecule has 6 rings (SSSR count). The minimum absolute atomic E-state index is 0.138. The Labute approximate surface area is 191 Å². The third kappa shape index (κ3) is 4.36. The van der Waals surface area contributed by atoms with Crippen LogP contribution in [0, 0.1) is 5.82 Å². The van der Waals surface area contributed by atoms with Crippen molar-refractivity contribution in [3.8, 4) is 5.75 Å². The maximum absolute atomic E-state index is 13.0. The van der Waals surface area contributed by atoms with Crippen molar-refractivity contribution in [2.75, 3.05) is 13.2 Å². The quantitative estimate of drug-likeness (QED) is 0.595. The average molecular weight is 485 g/mol. The molecule has 0 spiro atoms. The number of carbonyl (C=O) groups is 1. The first kappa shape index (κ1) is 23.0. The smallest absolute Gasteiger partial charge is 0.484 e. The Morgan fingerprint density at radius 2 is 1.71 bits per heavy atom. The monoisotopic (exact) mass is 485 g/mol. The number of aromatic nitrogens is 2. The number of ether oxygens (including phenoxy) is 3. The predicted octanol–water partition coefficient (Wildman–Crippen LogP) is 3.86. The van der Waals surface area contributed by atoms with E-state index in [1.807, 2.05) is 0 Å². The molecule has 1 aromatic carbocycles. The molecule has 0 atom stereocenters. The normalized spacial score (nSPS) is 27.8. The molecular formula is C22H23F4N3O5. The largest absolute Gasteiger partial charge is 0.523 e. The SMILES string of the molecule is O=C(COc1ccc(F)cc1)NC12CCC(c3nnc(C4(OC(F)(F)F)CCC4)o3)(CC1)OC2. The molecule has 2 saturated heterocycles. The maximum Gasteiger partial charge on any atom is 0.523 e. The highest BCUT2D eigenvalue weighted by Crippen LogP contribution is 2.51. The molecule has 34 heavy (non-hydrogen) atoms. The molecule has 4 aliphatic rings. The van der Waals surface area contributed by atoms with Gasteiger partial charge in [-0.2, -0.15) is 0 Å². The molecule has 12 heteroatoms. The number of nitrogens with zero attached hydrogens (tertiary/aromatic N) is 2. The van der Waals surface area contributed by atoms with Crippen LogP contribution in [0.5, 0.6) is 5.75 Å². The molecule has 0 radical (unpaired) electrons. The molecule has 2 bridgehead atoms. The summed E-state index contributed by atoms with van der Waals surface area (Å²) in [5.41, 5.74) is -3.11. The van der Waals surface area contributed by atoms with Gasteiger partial charge in [-0.3, -0.25) is 9.53 Å². The molecule has 2 saturated carbocycles. The summed E-state index contributed by atoms with van der Waals surface area (Å²) >= 11 is 0. The lowest BCUT2D eigenvalue weighted by Crippen LogP contribution is -2.62. The summed E-state index contributed by atoms with van der Waals surface area (Å²) in [5.74, 6) is -0.400. The van der Waals surface area contributed by atoms with Crippen LogP contribution in [0.3, 0.4) is 0 Å². The van der Waals surface area contributed by atoms with Crippen LogP contribution >= 0.6 is 0 Å². The van der Waals surface area contributed by atoms with Crippen LogP contribution in [0.15, 0.2) is 28.7 Å². The Kier molecular flexibility index (Phi) is 5.55. The second-order valence-corrected chi connectivity index (χ2v) is 9.16. The van der Waals surface area contributed by atoms with E-state index >= 15 is 0 Å². The lowest BCUT2D eigenvalue weighted by Gasteiger charge is -2.51. The third-order valence-electron chi connectivity index (χ3n) is 6.90. The minimum Gasteiger partial charge on any atom is -0.484 e. The Hall–Kier alpha value is -2.73. The summed E-state index contributed by atoms with van der Waals surface area (Å²) in [5, 5.41) is 10.9. The Bertz CT molecular complexity index is 1030. The van der Waals surface area contributed by atoms with E-state index < -0.39 is 28.9 Å². The van der Waals surface area contributed by atoms with E-state index in [9.17, 15) is 22.4 Å². The van der Waals surface area contributed by atoms with Gasteiger partial charge in [0.1, 0.15) is 17.2 Å². The first-order valence-corrected chi connectivity index (χ1v) is 11.1. The van der Waals surface area contributed by atoms with E-state index in [0.29, 0.717) is 37.9 Å². The molecule has 4 fully saturated rings. The molecule has 1 amide bonds. The highest BCUT2D eigenvalue weighted by Gasteiger charge is 2.56. The van der Waals surface area contributed by atoms with Crippen molar-refractivity contribution in [2.24, 2.45) is 0 Å². The Morgan fingerprint density at radius 3 is 2.26 bits per heavy atom. The van der Waals surface area contributed by atoms with Gasteiger partial charge in [0, 0.05) is 0 Å². The molecule has 0 unspecified atom stereocenters. The molecule has 184 valence electrons. The molecule has 8 nitrogen and oxygen atoms in total. The van der Waals surface area contributed by atoms with Crippen molar-refractivity contribution in [1.82, 2.24) is 15.5 Å². The standard InChI is InChI=1S/C22H23F4N3O5/c23-14-2-4-15(5-3-14)31-12-16(30)27-19-8-10-20(11-9-19,32-13-19)17-28-29-18(33-17)21(6-1-7-21)34-22(24,25)26/h2-5H,1,6-13H2,(H,27,30). The molecule has 1 N–H and O–H groups in total. The van der Waals surface area contributed by atoms with E-state index in [1.54, 1.807) is 0 Å². The van der Waals surface area contributed by atoms with E-state index in [1.165, 1.54) is 24.3 Å². The van der Waals surface area contributed by atoms with E-state index in [4.69, 9.17) is 13.9 Å². The first-order valence-electron chi connectivity index (χ1n) is 11.1. The number of benzene rings is 1. The third-order valence-corrected chi connectivity index (χ3v) is 6.90. The summed E-state index contributed by atoms with van der Waals surface area (Å²) in [4.78, 5) is 12.4. The summed E-state index contributed by atoms with van der Waals surface area (Å²) in [6, 6.07) is 5.36. The maximum atomic E-state index is 13.0. The van der Waals surface area contributed by atoms with Crippen molar-refractivity contribution in [1.29, 1.82) is 0 Å².